The molecule has 1 heterocycles. The molecule has 1 rings (SSSR count). The molecular weight excluding hydrogens is 125 g/mol. The third-order valence-electron chi connectivity index (χ3n) is 1.98. The predicted molar refractivity (Wildman–Crippen MR) is 42.5 cm³/mol. The normalized spacial score (nSPS) is 36.2. The monoisotopic (exact) mass is 139 g/mol. The van der Waals surface area contributed by atoms with Crippen LogP contribution >= 0.6 is 0 Å². The maximum atomic E-state index is 5.33. The average molecular weight is 139 g/mol. The van der Waals surface area contributed by atoms with Crippen LogP contribution in [0.25, 0.3) is 0 Å². The van der Waals surface area contributed by atoms with Crippen molar-refractivity contribution in [3.63, 3.8) is 0 Å². The van der Waals surface area contributed by atoms with E-state index in [0.717, 1.165) is 13.1 Å². The van der Waals surface area contributed by atoms with Crippen LogP contribution in [0.4, 0.5) is 0 Å². The van der Waals surface area contributed by atoms with E-state index in [-0.39, 0.29) is 0 Å². The van der Waals surface area contributed by atoms with Crippen LogP contribution in [0.15, 0.2) is 0 Å². The fourth-order valence-electron chi connectivity index (χ4n) is 1.39. The lowest BCUT2D eigenvalue weighted by atomic mass is 10.1. The highest BCUT2D eigenvalue weighted by atomic mass is 15.5. The first-order valence-electron chi connectivity index (χ1n) is 3.71. The van der Waals surface area contributed by atoms with Crippen molar-refractivity contribution in [2.24, 2.45) is 0 Å². The number of rotatable bonds is 1. The molecule has 0 aromatic heterocycles. The summed E-state index contributed by atoms with van der Waals surface area (Å²) in [6, 6.07) is 0.961. The van der Waals surface area contributed by atoms with Crippen molar-refractivity contribution in [3.8, 4) is 0 Å². The summed E-state index contributed by atoms with van der Waals surface area (Å²) < 4.78 is 0. The van der Waals surface area contributed by atoms with Crippen molar-refractivity contribution in [1.82, 2.24) is 15.7 Å². The zero-order valence-corrected chi connectivity index (χ0v) is 6.59. The summed E-state index contributed by atoms with van der Waals surface area (Å²) in [6.45, 7) is 6.30. The smallest absolute Gasteiger partial charge is 0.202 e. The summed E-state index contributed by atoms with van der Waals surface area (Å²) >= 11 is 0. The van der Waals surface area contributed by atoms with E-state index >= 15 is 0 Å². The van der Waals surface area contributed by atoms with Crippen LogP contribution < -0.4 is 10.7 Å². The van der Waals surface area contributed by atoms with Gasteiger partial charge in [-0.3, -0.25) is 0 Å². The molecule has 0 saturated carbocycles. The summed E-state index contributed by atoms with van der Waals surface area (Å²) in [5, 5.41) is 8.07. The van der Waals surface area contributed by atoms with Gasteiger partial charge in [0.2, 0.25) is 7.98 Å². The molecule has 2 atom stereocenters. The standard InChI is InChI=1S/C6H14BN3/c1-5-3-8-4-6(2)10(5)9-7/h5-6,8-9H,3-4H2,1-2H3/t5-,6+. The highest BCUT2D eigenvalue weighted by Crippen LogP contribution is 2.04. The minimum absolute atomic E-state index is 0.480. The van der Waals surface area contributed by atoms with Crippen molar-refractivity contribution in [2.45, 2.75) is 25.9 Å². The zero-order chi connectivity index (χ0) is 7.56. The van der Waals surface area contributed by atoms with Crippen molar-refractivity contribution in [3.05, 3.63) is 0 Å². The Morgan fingerprint density at radius 3 is 2.20 bits per heavy atom. The molecule has 4 heteroatoms. The van der Waals surface area contributed by atoms with Crippen molar-refractivity contribution < 1.29 is 0 Å². The first-order valence-corrected chi connectivity index (χ1v) is 3.71. The molecule has 3 nitrogen and oxygen atoms in total. The number of hydrogen-bond donors (Lipinski definition) is 2. The van der Waals surface area contributed by atoms with Crippen LogP contribution in [0.2, 0.25) is 0 Å². The van der Waals surface area contributed by atoms with E-state index in [1.165, 1.54) is 0 Å². The zero-order valence-electron chi connectivity index (χ0n) is 6.59. The molecule has 0 bridgehead atoms. The van der Waals surface area contributed by atoms with Gasteiger partial charge in [-0.2, -0.15) is 0 Å². The summed E-state index contributed by atoms with van der Waals surface area (Å²) in [7, 11) is 5.33. The topological polar surface area (TPSA) is 27.3 Å². The molecule has 0 spiro atoms. The van der Waals surface area contributed by atoms with Gasteiger partial charge in [-0.1, -0.05) is 0 Å². The molecule has 0 unspecified atom stereocenters. The Morgan fingerprint density at radius 2 is 1.90 bits per heavy atom. The third kappa shape index (κ3) is 1.51. The van der Waals surface area contributed by atoms with Gasteiger partial charge in [0.25, 0.3) is 0 Å². The highest BCUT2D eigenvalue weighted by molar-refractivity contribution is 6.03. The summed E-state index contributed by atoms with van der Waals surface area (Å²) in [4.78, 5) is 0. The van der Waals surface area contributed by atoms with Crippen LogP contribution in [0, 0.1) is 0 Å². The number of nitrogens with zero attached hydrogens (tertiary/aromatic N) is 1. The fraction of sp³-hybridized carbons (Fsp3) is 1.00. The second kappa shape index (κ2) is 3.37. The molecule has 0 aromatic carbocycles. The Bertz CT molecular complexity index is 99.2. The Balaban J connectivity index is 2.45. The van der Waals surface area contributed by atoms with E-state index in [1.807, 2.05) is 0 Å². The largest absolute Gasteiger partial charge is 0.314 e. The minimum atomic E-state index is 0.480. The fourth-order valence-corrected chi connectivity index (χ4v) is 1.39. The molecular formula is C6H14BN3. The van der Waals surface area contributed by atoms with E-state index in [2.05, 4.69) is 29.5 Å². The molecule has 10 heavy (non-hydrogen) atoms. The summed E-state index contributed by atoms with van der Waals surface area (Å²) in [6.07, 6.45) is 0. The van der Waals surface area contributed by atoms with Gasteiger partial charge < -0.3 is 10.7 Å². The van der Waals surface area contributed by atoms with Gasteiger partial charge in [0.1, 0.15) is 0 Å². The van der Waals surface area contributed by atoms with Crippen LogP contribution in [-0.4, -0.2) is 38.2 Å². The number of nitrogens with one attached hydrogen (secondary N) is 2. The Hall–Kier alpha value is -0.0551. The van der Waals surface area contributed by atoms with E-state index < -0.39 is 0 Å². The number of hydrazine groups is 1. The van der Waals surface area contributed by atoms with E-state index in [4.69, 9.17) is 7.98 Å². The molecule has 1 saturated heterocycles. The maximum absolute atomic E-state index is 5.33. The Morgan fingerprint density at radius 1 is 1.40 bits per heavy atom. The summed E-state index contributed by atoms with van der Waals surface area (Å²) in [5.41, 5.74) is 0. The lowest BCUT2D eigenvalue weighted by Crippen LogP contribution is -2.59. The molecule has 2 radical (unpaired) electrons. The lowest BCUT2D eigenvalue weighted by Gasteiger charge is -2.38. The molecule has 56 valence electrons. The lowest BCUT2D eigenvalue weighted by molar-refractivity contribution is 0.0930. The Labute approximate surface area is 63.6 Å². The van der Waals surface area contributed by atoms with Crippen molar-refractivity contribution in [2.75, 3.05) is 13.1 Å². The molecule has 0 amide bonds. The molecule has 1 fully saturated rings. The van der Waals surface area contributed by atoms with Crippen LogP contribution in [0.1, 0.15) is 13.8 Å². The second-order valence-corrected chi connectivity index (χ2v) is 2.89. The van der Waals surface area contributed by atoms with Crippen LogP contribution in [0.3, 0.4) is 0 Å². The van der Waals surface area contributed by atoms with Gasteiger partial charge in [-0.15, -0.1) is 0 Å². The van der Waals surface area contributed by atoms with Crippen LogP contribution in [-0.2, 0) is 0 Å². The molecule has 1 aliphatic heterocycles. The van der Waals surface area contributed by atoms with Gasteiger partial charge in [0, 0.05) is 25.2 Å². The average Bonchev–Trinajstić information content (AvgIpc) is 1.88. The molecule has 1 aliphatic rings. The van der Waals surface area contributed by atoms with Crippen LogP contribution in [0.5, 0.6) is 0 Å². The van der Waals surface area contributed by atoms with E-state index in [0.29, 0.717) is 12.1 Å². The second-order valence-electron chi connectivity index (χ2n) is 2.89. The minimum Gasteiger partial charge on any atom is -0.314 e. The van der Waals surface area contributed by atoms with Gasteiger partial charge in [0.15, 0.2) is 0 Å². The van der Waals surface area contributed by atoms with Crippen molar-refractivity contribution >= 4 is 7.98 Å². The Kier molecular flexibility index (Phi) is 2.71. The van der Waals surface area contributed by atoms with Gasteiger partial charge >= 0.3 is 0 Å². The van der Waals surface area contributed by atoms with E-state index in [9.17, 15) is 0 Å². The SMILES string of the molecule is [B]NN1[C@H](C)CNC[C@@H]1C. The number of piperazine rings is 1. The first-order chi connectivity index (χ1) is 4.75. The van der Waals surface area contributed by atoms with E-state index in [1.54, 1.807) is 0 Å². The van der Waals surface area contributed by atoms with Gasteiger partial charge in [0.05, 0.1) is 0 Å². The quantitative estimate of drug-likeness (QED) is 0.468. The first kappa shape index (κ1) is 8.05. The summed E-state index contributed by atoms with van der Waals surface area (Å²) in [5.74, 6) is 0. The van der Waals surface area contributed by atoms with Gasteiger partial charge in [-0.05, 0) is 13.8 Å². The number of hydrogen-bond acceptors (Lipinski definition) is 3. The molecule has 0 aromatic rings. The maximum Gasteiger partial charge on any atom is 0.202 e. The highest BCUT2D eigenvalue weighted by Gasteiger charge is 2.21. The third-order valence-corrected chi connectivity index (χ3v) is 1.98. The van der Waals surface area contributed by atoms with Gasteiger partial charge in [-0.25, -0.2) is 5.01 Å². The molecule has 2 N–H and O–H groups in total. The molecule has 0 aliphatic carbocycles. The predicted octanol–water partition coefficient (Wildman–Crippen LogP) is -0.743. The van der Waals surface area contributed by atoms with Crippen molar-refractivity contribution in [1.29, 1.82) is 0 Å².